The Labute approximate surface area is 74.0 Å². The van der Waals surface area contributed by atoms with Crippen LogP contribution in [0.2, 0.25) is 0 Å². The molecule has 0 aliphatic carbocycles. The molecular weight excluding hydrogens is 334 g/mol. The van der Waals surface area contributed by atoms with Gasteiger partial charge in [0.1, 0.15) is 9.52 Å². The van der Waals surface area contributed by atoms with E-state index in [0.29, 0.717) is 4.43 Å². The van der Waals surface area contributed by atoms with Crippen LogP contribution >= 0.6 is 45.2 Å². The van der Waals surface area contributed by atoms with E-state index in [9.17, 15) is 9.59 Å². The quantitative estimate of drug-likeness (QED) is 0.328. The Balaban J connectivity index is 4.04. The first-order valence-electron chi connectivity index (χ1n) is 1.72. The second-order valence-corrected chi connectivity index (χ2v) is 2.81. The van der Waals surface area contributed by atoms with Crippen LogP contribution in [-0.4, -0.2) is 16.2 Å². The zero-order valence-electron chi connectivity index (χ0n) is 3.78. The average molecular weight is 336 g/mol. The number of carbonyl (C=O) groups is 1. The molecule has 4 heteroatoms. The smallest absolute Gasteiger partial charge is 0.189 e. The lowest BCUT2D eigenvalue weighted by Crippen LogP contribution is -1.97. The van der Waals surface area contributed by atoms with Crippen LogP contribution in [0.3, 0.4) is 0 Å². The minimum Gasteiger partial charge on any atom is -0.292 e. The molecule has 0 aliphatic heterocycles. The molecule has 0 bridgehead atoms. The van der Waals surface area contributed by atoms with Gasteiger partial charge >= 0.3 is 0 Å². The summed E-state index contributed by atoms with van der Waals surface area (Å²) in [7, 11) is 0. The molecular formula is C4H2I2O2. The molecule has 8 heavy (non-hydrogen) atoms. The van der Waals surface area contributed by atoms with Gasteiger partial charge in [0.05, 0.1) is 4.43 Å². The maximum absolute atomic E-state index is 10.4. The molecule has 0 N–H and O–H groups in total. The molecule has 0 heterocycles. The normalized spacial score (nSPS) is 7.75. The summed E-state index contributed by atoms with van der Waals surface area (Å²) in [6.45, 7) is 0. The molecule has 0 atom stereocenters. The molecule has 0 unspecified atom stereocenters. The van der Waals surface area contributed by atoms with Crippen molar-refractivity contribution in [2.75, 3.05) is 4.43 Å². The number of ketones is 1. The molecule has 0 spiro atoms. The number of carbonyl (C=O) groups excluding carboxylic acids is 2. The van der Waals surface area contributed by atoms with Crippen LogP contribution in [-0.2, 0) is 9.59 Å². The van der Waals surface area contributed by atoms with Gasteiger partial charge in [0, 0.05) is 0 Å². The number of rotatable bonds is 2. The third kappa shape index (κ3) is 2.78. The molecule has 0 saturated carbocycles. The van der Waals surface area contributed by atoms with Gasteiger partial charge in [-0.15, -0.1) is 0 Å². The Kier molecular flexibility index (Phi) is 4.78. The average Bonchev–Trinajstić information content (AvgIpc) is 1.84. The lowest BCUT2D eigenvalue weighted by molar-refractivity contribution is -0.112. The van der Waals surface area contributed by atoms with Crippen molar-refractivity contribution in [2.45, 2.75) is 0 Å². The van der Waals surface area contributed by atoms with Crippen molar-refractivity contribution < 1.29 is 9.59 Å². The molecule has 0 saturated heterocycles. The fraction of sp³-hybridized carbons (Fsp3) is 0.250. The van der Waals surface area contributed by atoms with E-state index in [-0.39, 0.29) is 9.36 Å². The number of allylic oxidation sites excluding steroid dienone is 1. The van der Waals surface area contributed by atoms with Crippen molar-refractivity contribution in [1.82, 2.24) is 0 Å². The van der Waals surface area contributed by atoms with Gasteiger partial charge in [-0.2, -0.15) is 0 Å². The molecule has 0 amide bonds. The van der Waals surface area contributed by atoms with Crippen LogP contribution in [0.15, 0.2) is 3.58 Å². The zero-order valence-corrected chi connectivity index (χ0v) is 8.09. The SMILES string of the molecule is O=C=C(I)C(=O)CI. The Hall–Kier alpha value is 0.580. The molecule has 0 rings (SSSR count). The number of alkyl halides is 1. The minimum absolute atomic E-state index is 0.150. The van der Waals surface area contributed by atoms with Gasteiger partial charge in [-0.25, -0.2) is 4.79 Å². The molecule has 0 radical (unpaired) electrons. The first kappa shape index (κ1) is 8.58. The van der Waals surface area contributed by atoms with Gasteiger partial charge in [-0.05, 0) is 22.6 Å². The molecule has 44 valence electrons. The van der Waals surface area contributed by atoms with E-state index in [1.807, 2.05) is 22.6 Å². The van der Waals surface area contributed by atoms with Gasteiger partial charge in [-0.3, -0.25) is 4.79 Å². The standard InChI is InChI=1S/C4H2I2O2/c5-1-4(8)3(6)2-7/h1H2. The lowest BCUT2D eigenvalue weighted by atomic mass is 10.5. The van der Waals surface area contributed by atoms with E-state index in [1.54, 1.807) is 22.6 Å². The van der Waals surface area contributed by atoms with Gasteiger partial charge in [0.25, 0.3) is 0 Å². The van der Waals surface area contributed by atoms with Crippen molar-refractivity contribution in [3.8, 4) is 0 Å². The van der Waals surface area contributed by atoms with Crippen molar-refractivity contribution in [1.29, 1.82) is 0 Å². The predicted octanol–water partition coefficient (Wildman–Crippen LogP) is 1.14. The van der Waals surface area contributed by atoms with E-state index in [4.69, 9.17) is 0 Å². The fourth-order valence-electron chi connectivity index (χ4n) is 0.116. The van der Waals surface area contributed by atoms with Crippen molar-refractivity contribution in [3.63, 3.8) is 0 Å². The minimum atomic E-state index is -0.152. The number of halogens is 2. The Morgan fingerprint density at radius 2 is 2.12 bits per heavy atom. The summed E-state index contributed by atoms with van der Waals surface area (Å²) in [5.74, 6) is 1.36. The predicted molar refractivity (Wildman–Crippen MR) is 47.1 cm³/mol. The third-order valence-electron chi connectivity index (χ3n) is 0.456. The maximum atomic E-state index is 10.4. The lowest BCUT2D eigenvalue weighted by Gasteiger charge is -1.82. The molecule has 0 aromatic carbocycles. The van der Waals surface area contributed by atoms with Gasteiger partial charge in [-0.1, -0.05) is 22.6 Å². The summed E-state index contributed by atoms with van der Waals surface area (Å²) in [5.41, 5.74) is 0. The number of hydrogen-bond donors (Lipinski definition) is 0. The largest absolute Gasteiger partial charge is 0.292 e. The molecule has 0 aromatic rings. The molecule has 0 fully saturated rings. The fourth-order valence-corrected chi connectivity index (χ4v) is 1.42. The summed E-state index contributed by atoms with van der Waals surface area (Å²) in [5, 5.41) is 0. The second kappa shape index (κ2) is 4.46. The topological polar surface area (TPSA) is 34.1 Å². The second-order valence-electron chi connectivity index (χ2n) is 0.973. The highest BCUT2D eigenvalue weighted by atomic mass is 127. The molecule has 2 nitrogen and oxygen atoms in total. The summed E-state index contributed by atoms with van der Waals surface area (Å²) in [6.07, 6.45) is 0. The van der Waals surface area contributed by atoms with Crippen LogP contribution in [0.25, 0.3) is 0 Å². The summed E-state index contributed by atoms with van der Waals surface area (Å²) in [6, 6.07) is 0. The Morgan fingerprint density at radius 1 is 1.62 bits per heavy atom. The highest BCUT2D eigenvalue weighted by Crippen LogP contribution is 2.03. The van der Waals surface area contributed by atoms with Gasteiger partial charge in [0.15, 0.2) is 5.78 Å². The highest BCUT2D eigenvalue weighted by Gasteiger charge is 2.02. The Morgan fingerprint density at radius 3 is 2.25 bits per heavy atom. The molecule has 0 aromatic heterocycles. The number of hydrogen-bond acceptors (Lipinski definition) is 2. The highest BCUT2D eigenvalue weighted by molar-refractivity contribution is 14.1. The Bertz CT molecular complexity index is 146. The third-order valence-corrected chi connectivity index (χ3v) is 1.97. The first-order chi connectivity index (χ1) is 3.72. The van der Waals surface area contributed by atoms with Crippen molar-refractivity contribution in [3.05, 3.63) is 3.58 Å². The van der Waals surface area contributed by atoms with Crippen molar-refractivity contribution >= 4 is 56.9 Å². The van der Waals surface area contributed by atoms with Gasteiger partial charge < -0.3 is 0 Å². The summed E-state index contributed by atoms with van der Waals surface area (Å²) >= 11 is 3.57. The van der Waals surface area contributed by atoms with E-state index in [2.05, 4.69) is 0 Å². The maximum Gasteiger partial charge on any atom is 0.189 e. The van der Waals surface area contributed by atoms with E-state index in [1.165, 1.54) is 5.94 Å². The number of Topliss-reactive ketones (excluding diaryl/α,β-unsaturated/α-hetero) is 1. The van der Waals surface area contributed by atoms with E-state index >= 15 is 0 Å². The van der Waals surface area contributed by atoms with Crippen LogP contribution in [0.5, 0.6) is 0 Å². The van der Waals surface area contributed by atoms with E-state index < -0.39 is 0 Å². The van der Waals surface area contributed by atoms with Crippen molar-refractivity contribution in [2.24, 2.45) is 0 Å². The first-order valence-corrected chi connectivity index (χ1v) is 4.32. The van der Waals surface area contributed by atoms with Crippen LogP contribution in [0, 0.1) is 0 Å². The zero-order chi connectivity index (χ0) is 6.57. The van der Waals surface area contributed by atoms with Gasteiger partial charge in [0.2, 0.25) is 0 Å². The monoisotopic (exact) mass is 336 g/mol. The molecule has 0 aliphatic rings. The van der Waals surface area contributed by atoms with Crippen LogP contribution in [0.4, 0.5) is 0 Å². The van der Waals surface area contributed by atoms with Crippen LogP contribution in [0.1, 0.15) is 0 Å². The summed E-state index contributed by atoms with van der Waals surface area (Å²) < 4.78 is 0.502. The summed E-state index contributed by atoms with van der Waals surface area (Å²) in [4.78, 5) is 20.1. The van der Waals surface area contributed by atoms with E-state index in [0.717, 1.165) is 0 Å². The van der Waals surface area contributed by atoms with Crippen LogP contribution < -0.4 is 0 Å².